The van der Waals surface area contributed by atoms with Gasteiger partial charge in [-0.05, 0) is 37.0 Å². The topological polar surface area (TPSA) is 32.3 Å². The molecule has 1 N–H and O–H groups in total. The van der Waals surface area contributed by atoms with E-state index < -0.39 is 0 Å². The summed E-state index contributed by atoms with van der Waals surface area (Å²) in [6.45, 7) is 2.74. The van der Waals surface area contributed by atoms with Gasteiger partial charge in [0.2, 0.25) is 5.91 Å². The van der Waals surface area contributed by atoms with Gasteiger partial charge in [0, 0.05) is 31.7 Å². The molecular formula is C19H30N2O. The van der Waals surface area contributed by atoms with E-state index in [0.29, 0.717) is 19.0 Å². The van der Waals surface area contributed by atoms with Crippen LogP contribution in [0.4, 0.5) is 5.69 Å². The number of rotatable bonds is 7. The van der Waals surface area contributed by atoms with Crippen molar-refractivity contribution in [1.82, 2.24) is 5.32 Å². The van der Waals surface area contributed by atoms with Crippen molar-refractivity contribution in [3.63, 3.8) is 0 Å². The molecule has 1 aromatic rings. The summed E-state index contributed by atoms with van der Waals surface area (Å²) in [5.74, 6) is 0.158. The van der Waals surface area contributed by atoms with E-state index >= 15 is 0 Å². The maximum absolute atomic E-state index is 11.6. The maximum atomic E-state index is 11.6. The normalized spacial score (nSPS) is 15.5. The number of hydrogen-bond donors (Lipinski definition) is 1. The molecule has 122 valence electrons. The summed E-state index contributed by atoms with van der Waals surface area (Å²) in [6, 6.07) is 9.32. The number of hydrogen-bond acceptors (Lipinski definition) is 2. The van der Waals surface area contributed by atoms with E-state index in [4.69, 9.17) is 0 Å². The molecule has 0 heterocycles. The summed E-state index contributed by atoms with van der Waals surface area (Å²) in [5, 5.41) is 2.99. The van der Waals surface area contributed by atoms with Crippen LogP contribution < -0.4 is 10.2 Å². The summed E-state index contributed by atoms with van der Waals surface area (Å²) in [6.07, 6.45) is 9.40. The SMILES string of the molecule is CCCCC(=O)NCc1ccc(N(C)C2CCCCC2)cc1. The molecule has 0 bridgehead atoms. The van der Waals surface area contributed by atoms with E-state index in [2.05, 4.69) is 48.5 Å². The van der Waals surface area contributed by atoms with Crippen molar-refractivity contribution < 1.29 is 4.79 Å². The van der Waals surface area contributed by atoms with Crippen molar-refractivity contribution >= 4 is 11.6 Å². The zero-order valence-corrected chi connectivity index (χ0v) is 14.1. The van der Waals surface area contributed by atoms with Crippen LogP contribution in [0.2, 0.25) is 0 Å². The number of nitrogens with one attached hydrogen (secondary N) is 1. The van der Waals surface area contributed by atoms with Gasteiger partial charge in [0.05, 0.1) is 0 Å². The lowest BCUT2D eigenvalue weighted by molar-refractivity contribution is -0.121. The first kappa shape index (κ1) is 16.9. The van der Waals surface area contributed by atoms with E-state index in [1.165, 1.54) is 43.4 Å². The number of nitrogens with zero attached hydrogens (tertiary/aromatic N) is 1. The van der Waals surface area contributed by atoms with Gasteiger partial charge in [-0.25, -0.2) is 0 Å². The van der Waals surface area contributed by atoms with Crippen LogP contribution in [0, 0.1) is 0 Å². The summed E-state index contributed by atoms with van der Waals surface area (Å²) in [7, 11) is 2.21. The molecule has 0 unspecified atom stereocenters. The fourth-order valence-electron chi connectivity index (χ4n) is 3.15. The fourth-order valence-corrected chi connectivity index (χ4v) is 3.15. The first-order valence-corrected chi connectivity index (χ1v) is 8.79. The molecule has 3 heteroatoms. The molecule has 1 aliphatic rings. The number of amides is 1. The average molecular weight is 302 g/mol. The van der Waals surface area contributed by atoms with Gasteiger partial charge in [0.15, 0.2) is 0 Å². The smallest absolute Gasteiger partial charge is 0.220 e. The summed E-state index contributed by atoms with van der Waals surface area (Å²) < 4.78 is 0. The van der Waals surface area contributed by atoms with Crippen LogP contribution in [0.5, 0.6) is 0 Å². The Bertz CT molecular complexity index is 449. The van der Waals surface area contributed by atoms with Crippen molar-refractivity contribution in [1.29, 1.82) is 0 Å². The van der Waals surface area contributed by atoms with Crippen LogP contribution in [-0.4, -0.2) is 19.0 Å². The number of benzene rings is 1. The van der Waals surface area contributed by atoms with Gasteiger partial charge < -0.3 is 10.2 Å². The van der Waals surface area contributed by atoms with E-state index in [-0.39, 0.29) is 5.91 Å². The molecule has 1 aromatic carbocycles. The Morgan fingerprint density at radius 1 is 1.18 bits per heavy atom. The Kier molecular flexibility index (Phi) is 6.75. The van der Waals surface area contributed by atoms with Crippen LogP contribution in [0.15, 0.2) is 24.3 Å². The molecule has 1 amide bonds. The number of carbonyl (C=O) groups excluding carboxylic acids is 1. The van der Waals surface area contributed by atoms with Crippen LogP contribution in [0.1, 0.15) is 63.9 Å². The van der Waals surface area contributed by atoms with Crippen molar-refractivity contribution in [3.8, 4) is 0 Å². The number of carbonyl (C=O) groups is 1. The second kappa shape index (κ2) is 8.82. The highest BCUT2D eigenvalue weighted by atomic mass is 16.1. The predicted molar refractivity (Wildman–Crippen MR) is 93.1 cm³/mol. The van der Waals surface area contributed by atoms with Gasteiger partial charge >= 0.3 is 0 Å². The molecular weight excluding hydrogens is 272 g/mol. The van der Waals surface area contributed by atoms with Gasteiger partial charge in [0.1, 0.15) is 0 Å². The van der Waals surface area contributed by atoms with Gasteiger partial charge in [-0.3, -0.25) is 4.79 Å². The Morgan fingerprint density at radius 3 is 2.50 bits per heavy atom. The van der Waals surface area contributed by atoms with Crippen molar-refractivity contribution in [3.05, 3.63) is 29.8 Å². The molecule has 0 aromatic heterocycles. The number of anilines is 1. The third-order valence-electron chi connectivity index (χ3n) is 4.71. The van der Waals surface area contributed by atoms with Crippen molar-refractivity contribution in [2.45, 2.75) is 70.9 Å². The molecule has 0 atom stereocenters. The zero-order valence-electron chi connectivity index (χ0n) is 14.1. The fraction of sp³-hybridized carbons (Fsp3) is 0.632. The quantitative estimate of drug-likeness (QED) is 0.816. The van der Waals surface area contributed by atoms with Crippen LogP contribution in [0.25, 0.3) is 0 Å². The Balaban J connectivity index is 1.83. The Hall–Kier alpha value is -1.51. The van der Waals surface area contributed by atoms with Crippen LogP contribution in [-0.2, 0) is 11.3 Å². The zero-order chi connectivity index (χ0) is 15.8. The van der Waals surface area contributed by atoms with Gasteiger partial charge in [0.25, 0.3) is 0 Å². The second-order valence-corrected chi connectivity index (χ2v) is 6.45. The van der Waals surface area contributed by atoms with Crippen molar-refractivity contribution in [2.24, 2.45) is 0 Å². The summed E-state index contributed by atoms with van der Waals surface area (Å²) in [4.78, 5) is 14.1. The molecule has 1 fully saturated rings. The third-order valence-corrected chi connectivity index (χ3v) is 4.71. The average Bonchev–Trinajstić information content (AvgIpc) is 2.58. The lowest BCUT2D eigenvalue weighted by atomic mass is 9.94. The van der Waals surface area contributed by atoms with Gasteiger partial charge in [-0.2, -0.15) is 0 Å². The minimum Gasteiger partial charge on any atom is -0.372 e. The Morgan fingerprint density at radius 2 is 1.86 bits per heavy atom. The Labute approximate surface area is 135 Å². The molecule has 1 saturated carbocycles. The van der Waals surface area contributed by atoms with Gasteiger partial charge in [-0.1, -0.05) is 44.7 Å². The highest BCUT2D eigenvalue weighted by Crippen LogP contribution is 2.26. The highest BCUT2D eigenvalue weighted by molar-refractivity contribution is 5.75. The predicted octanol–water partition coefficient (Wildman–Crippen LogP) is 4.26. The second-order valence-electron chi connectivity index (χ2n) is 6.45. The lowest BCUT2D eigenvalue weighted by Gasteiger charge is -2.33. The first-order valence-electron chi connectivity index (χ1n) is 8.79. The summed E-state index contributed by atoms with van der Waals surface area (Å²) in [5.41, 5.74) is 2.46. The minimum atomic E-state index is 0.158. The van der Waals surface area contributed by atoms with Crippen LogP contribution in [0.3, 0.4) is 0 Å². The third kappa shape index (κ3) is 5.04. The van der Waals surface area contributed by atoms with E-state index in [1.54, 1.807) is 0 Å². The summed E-state index contributed by atoms with van der Waals surface area (Å²) >= 11 is 0. The highest BCUT2D eigenvalue weighted by Gasteiger charge is 2.18. The van der Waals surface area contributed by atoms with Crippen LogP contribution >= 0.6 is 0 Å². The van der Waals surface area contributed by atoms with Crippen molar-refractivity contribution in [2.75, 3.05) is 11.9 Å². The molecule has 0 saturated heterocycles. The standard InChI is InChI=1S/C19H30N2O/c1-3-4-10-19(22)20-15-16-11-13-18(14-12-16)21(2)17-8-6-5-7-9-17/h11-14,17H,3-10,15H2,1-2H3,(H,20,22). The van der Waals surface area contributed by atoms with E-state index in [9.17, 15) is 4.79 Å². The minimum absolute atomic E-state index is 0.158. The monoisotopic (exact) mass is 302 g/mol. The molecule has 0 radical (unpaired) electrons. The van der Waals surface area contributed by atoms with Gasteiger partial charge in [-0.15, -0.1) is 0 Å². The molecule has 22 heavy (non-hydrogen) atoms. The molecule has 0 spiro atoms. The number of unbranched alkanes of at least 4 members (excludes halogenated alkanes) is 1. The van der Waals surface area contributed by atoms with E-state index in [0.717, 1.165) is 12.8 Å². The molecule has 3 nitrogen and oxygen atoms in total. The molecule has 2 rings (SSSR count). The molecule has 1 aliphatic carbocycles. The van der Waals surface area contributed by atoms with E-state index in [1.807, 2.05) is 0 Å². The molecule has 0 aliphatic heterocycles. The largest absolute Gasteiger partial charge is 0.372 e. The lowest BCUT2D eigenvalue weighted by Crippen LogP contribution is -2.33. The maximum Gasteiger partial charge on any atom is 0.220 e. The first-order chi connectivity index (χ1) is 10.7.